The van der Waals surface area contributed by atoms with Crippen LogP contribution in [0, 0.1) is 0 Å². The van der Waals surface area contributed by atoms with E-state index >= 15 is 0 Å². The third-order valence-electron chi connectivity index (χ3n) is 3.28. The Morgan fingerprint density at radius 3 is 0.953 bits per heavy atom. The minimum Gasteiger partial charge on any atom is -0.542 e. The quantitative estimate of drug-likeness (QED) is 0.250. The van der Waals surface area contributed by atoms with Crippen molar-refractivity contribution in [2.45, 2.75) is 24.7 Å². The molecule has 0 saturated carbocycles. The molecule has 43 heavy (non-hydrogen) atoms. The number of carboxylic acids is 4. The number of carbonyl (C=O) groups is 5. The molecular weight excluding hydrogens is 735 g/mol. The predicted molar refractivity (Wildman–Crippen MR) is 100 cm³/mol. The molecule has 0 saturated heterocycles. The molecule has 2 aromatic heterocycles. The summed E-state index contributed by atoms with van der Waals surface area (Å²) in [5, 5.41) is 31.8. The number of hydrogen-bond acceptors (Lipinski definition) is 9. The monoisotopic (exact) mass is 742 g/mol. The van der Waals surface area contributed by atoms with Crippen LogP contribution in [0.25, 0.3) is 11.4 Å². The fourth-order valence-electron chi connectivity index (χ4n) is 1.70. The van der Waals surface area contributed by atoms with E-state index in [1.165, 1.54) is 0 Å². The van der Waals surface area contributed by atoms with E-state index in [4.69, 9.17) is 39.6 Å². The van der Waals surface area contributed by atoms with Crippen molar-refractivity contribution in [3.8, 4) is 11.4 Å². The van der Waals surface area contributed by atoms with Gasteiger partial charge in [-0.3, -0.25) is 14.8 Å². The Bertz CT molecular complexity index is 1130. The maximum Gasteiger partial charge on any atom is 2.00 e. The number of aromatic nitrogens is 2. The molecule has 1 aliphatic rings. The zero-order valence-corrected chi connectivity index (χ0v) is 21.0. The summed E-state index contributed by atoms with van der Waals surface area (Å²) < 4.78 is 127. The van der Waals surface area contributed by atoms with Gasteiger partial charge in [0, 0.05) is 12.4 Å². The van der Waals surface area contributed by atoms with Crippen molar-refractivity contribution in [1.29, 1.82) is 0 Å². The van der Waals surface area contributed by atoms with Gasteiger partial charge >= 0.3 is 57.1 Å². The Hall–Kier alpha value is -4.33. The number of hydrogen-bond donors (Lipinski definition) is 2. The minimum atomic E-state index is -5.19. The number of ketones is 1. The molecule has 2 aromatic rings. The van der Waals surface area contributed by atoms with Gasteiger partial charge in [0.25, 0.3) is 0 Å². The van der Waals surface area contributed by atoms with Crippen LogP contribution in [-0.4, -0.2) is 74.5 Å². The van der Waals surface area contributed by atoms with Crippen molar-refractivity contribution in [3.05, 3.63) is 47.8 Å². The molecule has 0 atom stereocenters. The largest absolute Gasteiger partial charge is 2.00 e. The van der Waals surface area contributed by atoms with Crippen molar-refractivity contribution in [3.63, 3.8) is 0 Å². The summed E-state index contributed by atoms with van der Waals surface area (Å²) in [7, 11) is 0. The van der Waals surface area contributed by atoms with Gasteiger partial charge in [-0.1, -0.05) is 0 Å². The molecule has 0 aliphatic heterocycles. The molecule has 242 valence electrons. The topological polar surface area (TPSA) is 198 Å². The van der Waals surface area contributed by atoms with Crippen LogP contribution in [0.15, 0.2) is 36.7 Å². The molecule has 2 heterocycles. The Morgan fingerprint density at radius 1 is 0.581 bits per heavy atom. The van der Waals surface area contributed by atoms with Gasteiger partial charge in [-0.15, -0.1) is 0 Å². The third-order valence-corrected chi connectivity index (χ3v) is 3.28. The molecule has 0 amide bonds. The Balaban J connectivity index is -0.000000487. The average molecular weight is 743 g/mol. The van der Waals surface area contributed by atoms with Crippen LogP contribution in [0.5, 0.6) is 0 Å². The summed E-state index contributed by atoms with van der Waals surface area (Å²) in [6, 6.07) is 7.10. The van der Waals surface area contributed by atoms with Crippen LogP contribution in [0.3, 0.4) is 0 Å². The molecular formula is C19H8F12N2O9Pd. The zero-order chi connectivity index (χ0) is 33.9. The van der Waals surface area contributed by atoms with Crippen molar-refractivity contribution >= 4 is 29.7 Å². The number of carboxylic acid groups (broad SMARTS) is 4. The summed E-state index contributed by atoms with van der Waals surface area (Å²) in [5.41, 5.74) is 2.71. The molecule has 0 aromatic carbocycles. The maximum atomic E-state index is 11.8. The summed E-state index contributed by atoms with van der Waals surface area (Å²) in [6.07, 6.45) is -17.2. The number of halogens is 12. The first-order valence-electron chi connectivity index (χ1n) is 9.27. The molecule has 0 radical (unpaired) electrons. The van der Waals surface area contributed by atoms with Gasteiger partial charge in [0.15, 0.2) is 5.78 Å². The Morgan fingerprint density at radius 2 is 0.791 bits per heavy atom. The Kier molecular flexibility index (Phi) is 17.0. The van der Waals surface area contributed by atoms with Crippen molar-refractivity contribution in [2.75, 3.05) is 0 Å². The molecule has 2 N–H and O–H groups in total. The number of fused-ring (bicyclic) bond motifs is 3. The number of pyridine rings is 2. The standard InChI is InChI=1S/C11H6N2O.4C2HF3O2.Pd/c14-11-7-3-1-5-12-9(7)10-8(11)4-2-6-13-10;4*3-2(4,5)1(6)7;/h1-6H;4*(H,6,7);/q;;;;;+2/p-2. The Labute approximate surface area is 241 Å². The number of nitrogens with zero attached hydrogens (tertiary/aromatic N) is 2. The van der Waals surface area contributed by atoms with E-state index in [0.29, 0.717) is 22.5 Å². The van der Waals surface area contributed by atoms with Crippen LogP contribution < -0.4 is 10.2 Å². The average Bonchev–Trinajstić information content (AvgIpc) is 3.11. The first kappa shape index (κ1) is 43.1. The number of aliphatic carboxylic acids is 4. The fourth-order valence-corrected chi connectivity index (χ4v) is 1.70. The van der Waals surface area contributed by atoms with Gasteiger partial charge in [-0.25, -0.2) is 9.59 Å². The predicted octanol–water partition coefficient (Wildman–Crippen LogP) is 1.55. The minimum absolute atomic E-state index is 0. The molecule has 3 rings (SSSR count). The normalized spacial score (nSPS) is 11.4. The molecule has 0 fully saturated rings. The van der Waals surface area contributed by atoms with E-state index in [2.05, 4.69) is 9.97 Å². The fraction of sp³-hybridized carbons (Fsp3) is 0.211. The van der Waals surface area contributed by atoms with Gasteiger partial charge in [-0.2, -0.15) is 52.7 Å². The van der Waals surface area contributed by atoms with Gasteiger partial charge in [-0.05, 0) is 24.3 Å². The summed E-state index contributed by atoms with van der Waals surface area (Å²) in [4.78, 5) is 55.5. The summed E-state index contributed by atoms with van der Waals surface area (Å²) in [6.45, 7) is 0. The molecule has 0 unspecified atom stereocenters. The van der Waals surface area contributed by atoms with Crippen molar-refractivity contribution < 1.29 is 118 Å². The van der Waals surface area contributed by atoms with Gasteiger partial charge in [0.2, 0.25) is 0 Å². The van der Waals surface area contributed by atoms with Gasteiger partial charge in [0.1, 0.15) is 23.3 Å². The maximum absolute atomic E-state index is 11.8. The van der Waals surface area contributed by atoms with E-state index < -0.39 is 48.6 Å². The van der Waals surface area contributed by atoms with Crippen LogP contribution in [-0.2, 0) is 39.6 Å². The van der Waals surface area contributed by atoms with Gasteiger partial charge in [0.05, 0.1) is 11.1 Å². The SMILES string of the molecule is O=C(O)C(F)(F)F.O=C(O)C(F)(F)F.O=C([O-])C(F)(F)F.O=C([O-])C(F)(F)F.O=C1c2cccnc2-c2ncccc21.[Pd+2]. The van der Waals surface area contributed by atoms with Crippen molar-refractivity contribution in [1.82, 2.24) is 9.97 Å². The van der Waals surface area contributed by atoms with Crippen LogP contribution in [0.4, 0.5) is 52.7 Å². The first-order chi connectivity index (χ1) is 18.7. The second-order valence-corrected chi connectivity index (χ2v) is 6.30. The van der Waals surface area contributed by atoms with Crippen molar-refractivity contribution in [2.24, 2.45) is 0 Å². The number of rotatable bonds is 0. The second kappa shape index (κ2) is 16.9. The van der Waals surface area contributed by atoms with E-state index in [0.717, 1.165) is 0 Å². The second-order valence-electron chi connectivity index (χ2n) is 6.30. The summed E-state index contributed by atoms with van der Waals surface area (Å²) >= 11 is 0. The van der Waals surface area contributed by atoms with Gasteiger partial charge < -0.3 is 30.0 Å². The zero-order valence-electron chi connectivity index (χ0n) is 19.5. The smallest absolute Gasteiger partial charge is 0.542 e. The molecule has 1 aliphatic carbocycles. The molecule has 11 nitrogen and oxygen atoms in total. The van der Waals surface area contributed by atoms with Crippen LogP contribution in [0.1, 0.15) is 15.9 Å². The first-order valence-corrected chi connectivity index (χ1v) is 9.27. The molecule has 24 heteroatoms. The summed E-state index contributed by atoms with van der Waals surface area (Å²) in [5.74, 6) is -11.5. The van der Waals surface area contributed by atoms with Crippen LogP contribution in [0.2, 0.25) is 0 Å². The molecule has 0 bridgehead atoms. The van der Waals surface area contributed by atoms with E-state index in [9.17, 15) is 57.5 Å². The van der Waals surface area contributed by atoms with E-state index in [-0.39, 0.29) is 26.2 Å². The third kappa shape index (κ3) is 16.6. The number of carbonyl (C=O) groups excluding carboxylic acids is 3. The van der Waals surface area contributed by atoms with E-state index in [1.807, 2.05) is 0 Å². The van der Waals surface area contributed by atoms with E-state index in [1.54, 1.807) is 36.7 Å². The number of alkyl halides is 12. The van der Waals surface area contributed by atoms with Crippen LogP contribution >= 0.6 is 0 Å². The molecule has 0 spiro atoms.